The van der Waals surface area contributed by atoms with Gasteiger partial charge < -0.3 is 0 Å². The molecule has 2 rings (SSSR count). The quantitative estimate of drug-likeness (QED) is 0.689. The molecule has 0 saturated carbocycles. The van der Waals surface area contributed by atoms with Crippen LogP contribution < -0.4 is 10.6 Å². The molecule has 0 heterocycles. The Morgan fingerprint density at radius 1 is 0.789 bits per heavy atom. The van der Waals surface area contributed by atoms with Gasteiger partial charge >= 0.3 is 0 Å². The average Bonchev–Trinajstić information content (AvgIpc) is 2.47. The number of hydrogen-bond acceptors (Lipinski definition) is 0. The van der Waals surface area contributed by atoms with Crippen LogP contribution >= 0.6 is 8.58 Å². The summed E-state index contributed by atoms with van der Waals surface area (Å²) in [6, 6.07) is 17.8. The van der Waals surface area contributed by atoms with Crippen molar-refractivity contribution in [3.63, 3.8) is 0 Å². The molecule has 1 unspecified atom stereocenters. The molecule has 100 valence electrons. The zero-order chi connectivity index (χ0) is 13.5. The minimum Gasteiger partial charge on any atom is -0.0654 e. The summed E-state index contributed by atoms with van der Waals surface area (Å²) in [6.45, 7) is 4.50. The van der Waals surface area contributed by atoms with E-state index < -0.39 is 0 Å². The highest BCUT2D eigenvalue weighted by Crippen LogP contribution is 2.18. The number of hydrogen-bond donors (Lipinski definition) is 0. The molecule has 1 atom stereocenters. The van der Waals surface area contributed by atoms with Crippen LogP contribution in [0.3, 0.4) is 0 Å². The van der Waals surface area contributed by atoms with E-state index in [0.717, 1.165) is 15.0 Å². The van der Waals surface area contributed by atoms with Crippen molar-refractivity contribution in [1.29, 1.82) is 0 Å². The van der Waals surface area contributed by atoms with Crippen LogP contribution in [0, 0.1) is 0 Å². The van der Waals surface area contributed by atoms with Crippen LogP contribution in [0.2, 0.25) is 0 Å². The van der Waals surface area contributed by atoms with E-state index in [1.165, 1.54) is 41.0 Å². The average molecular weight is 270 g/mol. The van der Waals surface area contributed by atoms with Gasteiger partial charge in [0.25, 0.3) is 0 Å². The second kappa shape index (κ2) is 7.46. The van der Waals surface area contributed by atoms with Gasteiger partial charge in [-0.3, -0.25) is 0 Å². The van der Waals surface area contributed by atoms with Gasteiger partial charge in [-0.1, -0.05) is 77.4 Å². The van der Waals surface area contributed by atoms with Gasteiger partial charge in [0.05, 0.1) is 0 Å². The molecule has 0 spiro atoms. The monoisotopic (exact) mass is 270 g/mol. The third-order valence-electron chi connectivity index (χ3n) is 3.48. The topological polar surface area (TPSA) is 0 Å². The van der Waals surface area contributed by atoms with Gasteiger partial charge in [0.15, 0.2) is 0 Å². The molecule has 0 N–H and O–H groups in total. The molecule has 1 heteroatoms. The largest absolute Gasteiger partial charge is 0.0654 e. The molecule has 0 aromatic heterocycles. The first-order valence-electron chi connectivity index (χ1n) is 7.28. The standard InChI is InChI=1S/C18H23P/c1-3-5-10-16-12-7-9-14-18(16)19-17-13-8-6-11-15(17)4-2/h6-9,11-14,19H,3-5,10H2,1-2H3. The summed E-state index contributed by atoms with van der Waals surface area (Å²) >= 11 is 0. The summed E-state index contributed by atoms with van der Waals surface area (Å²) in [6.07, 6.45) is 4.90. The van der Waals surface area contributed by atoms with Gasteiger partial charge in [-0.25, -0.2) is 0 Å². The van der Waals surface area contributed by atoms with Gasteiger partial charge in [0.2, 0.25) is 0 Å². The summed E-state index contributed by atoms with van der Waals surface area (Å²) in [5, 5.41) is 3.03. The fourth-order valence-electron chi connectivity index (χ4n) is 2.32. The maximum atomic E-state index is 2.30. The van der Waals surface area contributed by atoms with Gasteiger partial charge in [-0.2, -0.15) is 0 Å². The Kier molecular flexibility index (Phi) is 5.61. The van der Waals surface area contributed by atoms with Crippen molar-refractivity contribution in [2.45, 2.75) is 39.5 Å². The minimum absolute atomic E-state index is 0.792. The SMILES string of the molecule is CCCCc1ccccc1Pc1ccccc1CC. The van der Waals surface area contributed by atoms with E-state index in [2.05, 4.69) is 62.4 Å². The Balaban J connectivity index is 2.22. The van der Waals surface area contributed by atoms with Crippen LogP contribution in [-0.4, -0.2) is 0 Å². The number of benzene rings is 2. The van der Waals surface area contributed by atoms with Crippen molar-refractivity contribution in [3.8, 4) is 0 Å². The van der Waals surface area contributed by atoms with Crippen LogP contribution in [0.15, 0.2) is 48.5 Å². The predicted octanol–water partition coefficient (Wildman–Crippen LogP) is 4.22. The van der Waals surface area contributed by atoms with Gasteiger partial charge in [-0.15, -0.1) is 0 Å². The molecular formula is C18H23P. The van der Waals surface area contributed by atoms with Crippen molar-refractivity contribution in [1.82, 2.24) is 0 Å². The summed E-state index contributed by atoms with van der Waals surface area (Å²) in [5.41, 5.74) is 3.03. The van der Waals surface area contributed by atoms with Crippen LogP contribution in [0.4, 0.5) is 0 Å². The van der Waals surface area contributed by atoms with Crippen molar-refractivity contribution in [2.75, 3.05) is 0 Å². The molecule has 0 nitrogen and oxygen atoms in total. The molecule has 0 aliphatic rings. The Bertz CT molecular complexity index is 517. The first-order valence-corrected chi connectivity index (χ1v) is 8.28. The van der Waals surface area contributed by atoms with Crippen LogP contribution in [0.25, 0.3) is 0 Å². The Labute approximate surface area is 119 Å². The molecule has 0 aliphatic heterocycles. The predicted molar refractivity (Wildman–Crippen MR) is 88.5 cm³/mol. The van der Waals surface area contributed by atoms with Gasteiger partial charge in [0.1, 0.15) is 0 Å². The van der Waals surface area contributed by atoms with Crippen molar-refractivity contribution in [2.24, 2.45) is 0 Å². The fraction of sp³-hybridized carbons (Fsp3) is 0.333. The highest BCUT2D eigenvalue weighted by molar-refractivity contribution is 7.55. The van der Waals surface area contributed by atoms with Crippen molar-refractivity contribution >= 4 is 19.2 Å². The molecule has 2 aromatic rings. The molecule has 0 aliphatic carbocycles. The molecule has 0 bridgehead atoms. The highest BCUT2D eigenvalue weighted by Gasteiger charge is 2.05. The van der Waals surface area contributed by atoms with E-state index in [4.69, 9.17) is 0 Å². The maximum absolute atomic E-state index is 2.30. The van der Waals surface area contributed by atoms with Gasteiger partial charge in [0, 0.05) is 0 Å². The van der Waals surface area contributed by atoms with Crippen LogP contribution in [0.1, 0.15) is 37.8 Å². The normalized spacial score (nSPS) is 11.3. The first-order chi connectivity index (χ1) is 9.35. The van der Waals surface area contributed by atoms with E-state index in [9.17, 15) is 0 Å². The zero-order valence-electron chi connectivity index (χ0n) is 11.9. The third kappa shape index (κ3) is 3.91. The van der Waals surface area contributed by atoms with Gasteiger partial charge in [-0.05, 0) is 41.0 Å². The molecule has 0 amide bonds. The Hall–Kier alpha value is -1.13. The molecule has 0 fully saturated rings. The Morgan fingerprint density at radius 2 is 1.37 bits per heavy atom. The number of rotatable bonds is 6. The molecule has 0 saturated heterocycles. The fourth-order valence-corrected chi connectivity index (χ4v) is 3.76. The van der Waals surface area contributed by atoms with E-state index in [0.29, 0.717) is 0 Å². The first kappa shape index (κ1) is 14.3. The molecule has 19 heavy (non-hydrogen) atoms. The van der Waals surface area contributed by atoms with Crippen molar-refractivity contribution < 1.29 is 0 Å². The third-order valence-corrected chi connectivity index (χ3v) is 5.00. The summed E-state index contributed by atoms with van der Waals surface area (Å²) in [5.74, 6) is 0. The smallest absolute Gasteiger partial charge is 0.0194 e. The summed E-state index contributed by atoms with van der Waals surface area (Å²) in [4.78, 5) is 0. The van der Waals surface area contributed by atoms with E-state index in [1.54, 1.807) is 0 Å². The molecule has 0 radical (unpaired) electrons. The zero-order valence-corrected chi connectivity index (χ0v) is 12.9. The summed E-state index contributed by atoms with van der Waals surface area (Å²) in [7, 11) is 0.792. The lowest BCUT2D eigenvalue weighted by Gasteiger charge is -2.12. The number of aryl methyl sites for hydroxylation is 2. The lowest BCUT2D eigenvalue weighted by atomic mass is 10.1. The molecular weight excluding hydrogens is 247 g/mol. The Morgan fingerprint density at radius 3 is 2.00 bits per heavy atom. The summed E-state index contributed by atoms with van der Waals surface area (Å²) < 4.78 is 0. The minimum atomic E-state index is 0.792. The lowest BCUT2D eigenvalue weighted by molar-refractivity contribution is 0.798. The number of unbranched alkanes of at least 4 members (excludes halogenated alkanes) is 1. The van der Waals surface area contributed by atoms with Crippen LogP contribution in [-0.2, 0) is 12.8 Å². The maximum Gasteiger partial charge on any atom is -0.0194 e. The second-order valence-corrected chi connectivity index (χ2v) is 6.22. The molecule has 2 aromatic carbocycles. The van der Waals surface area contributed by atoms with Crippen LogP contribution in [0.5, 0.6) is 0 Å². The second-order valence-electron chi connectivity index (χ2n) is 4.90. The highest BCUT2D eigenvalue weighted by atomic mass is 31.1. The van der Waals surface area contributed by atoms with E-state index >= 15 is 0 Å². The van der Waals surface area contributed by atoms with E-state index in [1.807, 2.05) is 0 Å². The lowest BCUT2D eigenvalue weighted by Crippen LogP contribution is -2.12. The van der Waals surface area contributed by atoms with Crippen molar-refractivity contribution in [3.05, 3.63) is 59.7 Å². The van der Waals surface area contributed by atoms with E-state index in [-0.39, 0.29) is 0 Å².